The number of ether oxygens (including phenoxy) is 1. The molecule has 4 aromatic carbocycles. The number of rotatable bonds is 6. The van der Waals surface area contributed by atoms with Crippen LogP contribution in [0.5, 0.6) is 11.5 Å². The quantitative estimate of drug-likeness (QED) is 0.0925. The first-order valence-corrected chi connectivity index (χ1v) is 14.4. The van der Waals surface area contributed by atoms with Crippen LogP contribution < -0.4 is 56.1 Å². The van der Waals surface area contributed by atoms with Gasteiger partial charge in [-0.2, -0.15) is 26.3 Å². The molecule has 4 aromatic rings. The van der Waals surface area contributed by atoms with Crippen molar-refractivity contribution in [2.45, 2.75) is 37.1 Å². The van der Waals surface area contributed by atoms with Gasteiger partial charge in [-0.15, -0.1) is 0 Å². The van der Waals surface area contributed by atoms with Gasteiger partial charge in [0.1, 0.15) is 17.3 Å². The number of ketones is 2. The minimum absolute atomic E-state index is 0. The summed E-state index contributed by atoms with van der Waals surface area (Å²) in [6.07, 6.45) is -9.83. The van der Waals surface area contributed by atoms with Crippen molar-refractivity contribution in [2.24, 2.45) is 0 Å². The normalized spacial score (nSPS) is 11.9. The molecule has 0 saturated heterocycles. The number of phenols is 1. The van der Waals surface area contributed by atoms with E-state index in [9.17, 15) is 35.9 Å². The number of benzene rings is 4. The molecule has 0 radical (unpaired) electrons. The smallest absolute Gasteiger partial charge is 0.508 e. The largest absolute Gasteiger partial charge is 1.00 e. The van der Waals surface area contributed by atoms with Gasteiger partial charge in [0.05, 0.1) is 16.0 Å². The first-order valence-electron chi connectivity index (χ1n) is 12.7. The zero-order valence-corrected chi connectivity index (χ0v) is 31.7. The minimum atomic E-state index is -4.47. The van der Waals surface area contributed by atoms with Crippen molar-refractivity contribution in [3.63, 3.8) is 0 Å². The second-order valence-corrected chi connectivity index (χ2v) is 11.0. The SMILES string of the molecule is CC(=O)C(Br)c1ccc(Cl)cc1.CC(=O)C(Oc1cccc(C(F)(F)F)c1)c1ccc(Cl)cc1.Oc1cccc(C(F)(F)F)c1.[CH3-].[K+]. The maximum Gasteiger partial charge on any atom is 1.00 e. The number of carbonyl (C=O) groups excluding carboxylic acids is 2. The van der Waals surface area contributed by atoms with Crippen LogP contribution in [0.25, 0.3) is 0 Å². The fourth-order valence-electron chi connectivity index (χ4n) is 3.45. The summed E-state index contributed by atoms with van der Waals surface area (Å²) in [6, 6.07) is 21.9. The van der Waals surface area contributed by atoms with Crippen molar-refractivity contribution in [1.82, 2.24) is 0 Å². The Kier molecular flexibility index (Phi) is 19.7. The van der Waals surface area contributed by atoms with E-state index in [1.54, 1.807) is 43.3 Å². The van der Waals surface area contributed by atoms with E-state index >= 15 is 0 Å². The predicted octanol–water partition coefficient (Wildman–Crippen LogP) is 8.30. The van der Waals surface area contributed by atoms with Gasteiger partial charge in [0, 0.05) is 10.0 Å². The molecule has 47 heavy (non-hydrogen) atoms. The molecule has 0 spiro atoms. The van der Waals surface area contributed by atoms with Crippen molar-refractivity contribution in [2.75, 3.05) is 0 Å². The summed E-state index contributed by atoms with van der Waals surface area (Å²) in [5, 5.41) is 9.85. The number of hydrogen-bond acceptors (Lipinski definition) is 4. The number of alkyl halides is 7. The second kappa shape index (κ2) is 20.6. The average Bonchev–Trinajstić information content (AvgIpc) is 2.96. The molecule has 0 fully saturated rings. The molecule has 0 aliphatic rings. The third-order valence-corrected chi connectivity index (χ3v) is 7.33. The molecule has 2 unspecified atom stereocenters. The zero-order chi connectivity index (χ0) is 33.9. The van der Waals surface area contributed by atoms with E-state index in [0.29, 0.717) is 21.7 Å². The monoisotopic (exact) mass is 790 g/mol. The molecule has 0 saturated carbocycles. The Bertz CT molecular complexity index is 1570. The van der Waals surface area contributed by atoms with Crippen LogP contribution in [0.3, 0.4) is 0 Å². The molecule has 4 rings (SSSR count). The van der Waals surface area contributed by atoms with Crippen molar-refractivity contribution in [1.29, 1.82) is 0 Å². The average molecular weight is 792 g/mol. The number of Topliss-reactive ketones (excluding diaryl/α,β-unsaturated/α-hetero) is 2. The molecule has 0 aliphatic heterocycles. The summed E-state index contributed by atoms with van der Waals surface area (Å²) in [7, 11) is 0. The van der Waals surface area contributed by atoms with E-state index in [1.807, 2.05) is 12.1 Å². The van der Waals surface area contributed by atoms with Crippen molar-refractivity contribution in [3.8, 4) is 11.5 Å². The first kappa shape index (κ1) is 45.1. The van der Waals surface area contributed by atoms with Crippen molar-refractivity contribution < 1.29 is 97.2 Å². The zero-order valence-electron chi connectivity index (χ0n) is 25.5. The number of aromatic hydroxyl groups is 1. The molecule has 0 amide bonds. The standard InChI is InChI=1S/C16H12ClF3O2.C9H8BrClO.C7H5F3O.CH3.K/c1-10(21)15(11-5-7-13(17)8-6-11)22-14-4-2-3-12(9-14)16(18,19)20;1-6(12)9(10)7-2-4-8(11)5-3-7;8-7(9,10)5-2-1-3-6(11)4-5;;/h2-9,15H,1H3;2-5,9H,1H3;1-4,11H;1H3;/q;;;-1;+1. The van der Waals surface area contributed by atoms with Crippen LogP contribution >= 0.6 is 39.1 Å². The summed E-state index contributed by atoms with van der Waals surface area (Å²) in [4.78, 5) is 22.5. The Morgan fingerprint density at radius 2 is 1.13 bits per heavy atom. The summed E-state index contributed by atoms with van der Waals surface area (Å²) in [5.74, 6) is -0.623. The maximum absolute atomic E-state index is 12.7. The van der Waals surface area contributed by atoms with Crippen LogP contribution in [0.4, 0.5) is 26.3 Å². The van der Waals surface area contributed by atoms with Crippen molar-refractivity contribution >= 4 is 50.7 Å². The minimum Gasteiger partial charge on any atom is -0.508 e. The molecule has 14 heteroatoms. The van der Waals surface area contributed by atoms with E-state index in [-0.39, 0.29) is 86.7 Å². The van der Waals surface area contributed by atoms with Crippen LogP contribution in [0.2, 0.25) is 10.0 Å². The molecule has 0 heterocycles. The van der Waals surface area contributed by atoms with Gasteiger partial charge >= 0.3 is 63.7 Å². The molecule has 248 valence electrons. The van der Waals surface area contributed by atoms with Crippen LogP contribution in [0, 0.1) is 7.43 Å². The van der Waals surface area contributed by atoms with E-state index in [0.717, 1.165) is 29.8 Å². The van der Waals surface area contributed by atoms with Crippen LogP contribution in [-0.4, -0.2) is 16.7 Å². The molecule has 1 N–H and O–H groups in total. The van der Waals surface area contributed by atoms with Crippen LogP contribution in [0.1, 0.15) is 47.0 Å². The van der Waals surface area contributed by atoms with Gasteiger partial charge in [-0.3, -0.25) is 9.59 Å². The topological polar surface area (TPSA) is 63.6 Å². The number of phenolic OH excluding ortho intramolecular Hbond substituents is 1. The van der Waals surface area contributed by atoms with Gasteiger partial charge in [-0.05, 0) is 85.6 Å². The molecule has 4 nitrogen and oxygen atoms in total. The number of hydrogen-bond donors (Lipinski definition) is 1. The van der Waals surface area contributed by atoms with E-state index in [1.165, 1.54) is 25.1 Å². The molecule has 2 atom stereocenters. The fourth-order valence-corrected chi connectivity index (χ4v) is 4.01. The molecule has 0 aromatic heterocycles. The summed E-state index contributed by atoms with van der Waals surface area (Å²) in [5.41, 5.74) is -0.206. The van der Waals surface area contributed by atoms with Crippen LogP contribution in [-0.2, 0) is 21.9 Å². The molecule has 0 aliphatic carbocycles. The molecular formula is C33H28BrCl2F6KO4. The van der Waals surface area contributed by atoms with Gasteiger partial charge in [0.25, 0.3) is 0 Å². The van der Waals surface area contributed by atoms with Gasteiger partial charge in [-0.25, -0.2) is 0 Å². The predicted molar refractivity (Wildman–Crippen MR) is 170 cm³/mol. The fraction of sp³-hybridized carbons (Fsp3) is 0.182. The molecule has 0 bridgehead atoms. The third kappa shape index (κ3) is 15.9. The molecular weight excluding hydrogens is 764 g/mol. The van der Waals surface area contributed by atoms with Gasteiger partial charge in [0.2, 0.25) is 0 Å². The Morgan fingerprint density at radius 3 is 1.51 bits per heavy atom. The Hall–Kier alpha value is -1.90. The number of halogens is 9. The first-order chi connectivity index (χ1) is 20.9. The second-order valence-electron chi connectivity index (χ2n) is 9.26. The van der Waals surface area contributed by atoms with E-state index < -0.39 is 29.6 Å². The third-order valence-electron chi connectivity index (χ3n) is 5.65. The van der Waals surface area contributed by atoms with Gasteiger partial charge < -0.3 is 17.3 Å². The van der Waals surface area contributed by atoms with Gasteiger partial charge in [-0.1, -0.05) is 75.5 Å². The van der Waals surface area contributed by atoms with Crippen molar-refractivity contribution in [3.05, 3.63) is 137 Å². The maximum atomic E-state index is 12.7. The Labute approximate surface area is 330 Å². The van der Waals surface area contributed by atoms with E-state index in [2.05, 4.69) is 15.9 Å². The number of carbonyl (C=O) groups is 2. The Morgan fingerprint density at radius 1 is 0.702 bits per heavy atom. The Balaban J connectivity index is 0.000000721. The summed E-state index contributed by atoms with van der Waals surface area (Å²) in [6.45, 7) is 2.86. The van der Waals surface area contributed by atoms with E-state index in [4.69, 9.17) is 33.0 Å². The van der Waals surface area contributed by atoms with Gasteiger partial charge in [0.15, 0.2) is 11.9 Å². The summed E-state index contributed by atoms with van der Waals surface area (Å²) >= 11 is 14.8. The summed E-state index contributed by atoms with van der Waals surface area (Å²) < 4.78 is 79.1. The van der Waals surface area contributed by atoms with Crippen LogP contribution in [0.15, 0.2) is 97.1 Å².